The zero-order valence-electron chi connectivity index (χ0n) is 13.8. The van der Waals surface area contributed by atoms with Gasteiger partial charge in [0.25, 0.3) is 0 Å². The quantitative estimate of drug-likeness (QED) is 0.602. The Labute approximate surface area is 134 Å². The topological polar surface area (TPSA) is 0 Å². The Hall–Kier alpha value is -1.56. The summed E-state index contributed by atoms with van der Waals surface area (Å²) in [5, 5.41) is 0. The highest BCUT2D eigenvalue weighted by molar-refractivity contribution is 5.65. The molecule has 0 saturated carbocycles. The zero-order chi connectivity index (χ0) is 15.2. The summed E-state index contributed by atoms with van der Waals surface area (Å²) >= 11 is 0. The minimum atomic E-state index is 0.211. The third-order valence-electron chi connectivity index (χ3n) is 6.11. The summed E-state index contributed by atoms with van der Waals surface area (Å²) in [6.45, 7) is 4.83. The van der Waals surface area contributed by atoms with Crippen molar-refractivity contribution in [2.75, 3.05) is 0 Å². The van der Waals surface area contributed by atoms with Gasteiger partial charge in [-0.1, -0.05) is 74.4 Å². The molecule has 0 saturated heterocycles. The van der Waals surface area contributed by atoms with Crippen LogP contribution in [0.3, 0.4) is 0 Å². The predicted octanol–water partition coefficient (Wildman–Crippen LogP) is 6.27. The smallest absolute Gasteiger partial charge is 0.0226 e. The van der Waals surface area contributed by atoms with E-state index < -0.39 is 0 Å². The molecule has 0 N–H and O–H groups in total. The van der Waals surface area contributed by atoms with Gasteiger partial charge in [0, 0.05) is 11.3 Å². The summed E-state index contributed by atoms with van der Waals surface area (Å²) in [4.78, 5) is 0. The first kappa shape index (κ1) is 14.1. The molecule has 3 aliphatic carbocycles. The Morgan fingerprint density at radius 1 is 1.00 bits per heavy atom. The minimum Gasteiger partial charge on any atom is -0.0752 e. The highest BCUT2D eigenvalue weighted by atomic mass is 14.5. The van der Waals surface area contributed by atoms with Crippen molar-refractivity contribution in [1.82, 2.24) is 0 Å². The van der Waals surface area contributed by atoms with Crippen LogP contribution in [-0.4, -0.2) is 0 Å². The second-order valence-corrected chi connectivity index (χ2v) is 7.45. The summed E-state index contributed by atoms with van der Waals surface area (Å²) in [5.41, 5.74) is 6.57. The van der Waals surface area contributed by atoms with E-state index in [0.29, 0.717) is 11.8 Å². The van der Waals surface area contributed by atoms with Crippen molar-refractivity contribution in [3.63, 3.8) is 0 Å². The van der Waals surface area contributed by atoms with E-state index in [0.717, 1.165) is 0 Å². The lowest BCUT2D eigenvalue weighted by Gasteiger charge is -2.41. The van der Waals surface area contributed by atoms with Gasteiger partial charge in [-0.2, -0.15) is 0 Å². The van der Waals surface area contributed by atoms with Crippen LogP contribution in [0.25, 0.3) is 6.08 Å². The molecule has 0 spiro atoms. The van der Waals surface area contributed by atoms with Gasteiger partial charge < -0.3 is 0 Å². The van der Waals surface area contributed by atoms with Gasteiger partial charge in [0.1, 0.15) is 0 Å². The van der Waals surface area contributed by atoms with E-state index in [-0.39, 0.29) is 5.41 Å². The molecular formula is C22H26. The van der Waals surface area contributed by atoms with Gasteiger partial charge in [-0.15, -0.1) is 0 Å². The van der Waals surface area contributed by atoms with Crippen LogP contribution in [-0.2, 0) is 0 Å². The second kappa shape index (κ2) is 5.26. The van der Waals surface area contributed by atoms with E-state index in [1.165, 1.54) is 43.2 Å². The van der Waals surface area contributed by atoms with E-state index in [1.807, 2.05) is 0 Å². The van der Waals surface area contributed by atoms with Gasteiger partial charge in [-0.05, 0) is 48.3 Å². The molecule has 0 amide bonds. The van der Waals surface area contributed by atoms with Gasteiger partial charge in [0.05, 0.1) is 0 Å². The molecule has 2 unspecified atom stereocenters. The van der Waals surface area contributed by atoms with Gasteiger partial charge in [-0.3, -0.25) is 0 Å². The monoisotopic (exact) mass is 290 g/mol. The lowest BCUT2D eigenvalue weighted by Crippen LogP contribution is -2.32. The fourth-order valence-electron chi connectivity index (χ4n) is 4.98. The minimum absolute atomic E-state index is 0.211. The highest BCUT2D eigenvalue weighted by Gasteiger charge is 2.46. The molecule has 0 heterocycles. The zero-order valence-corrected chi connectivity index (χ0v) is 13.8. The molecule has 1 aromatic carbocycles. The predicted molar refractivity (Wildman–Crippen MR) is 94.7 cm³/mol. The molecule has 4 rings (SSSR count). The fraction of sp³-hybridized carbons (Fsp3) is 0.455. The van der Waals surface area contributed by atoms with E-state index in [9.17, 15) is 0 Å². The molecule has 3 aliphatic rings. The highest BCUT2D eigenvalue weighted by Crippen LogP contribution is 2.58. The first-order valence-corrected chi connectivity index (χ1v) is 8.92. The Morgan fingerprint density at radius 3 is 2.68 bits per heavy atom. The van der Waals surface area contributed by atoms with Crippen LogP contribution in [0.1, 0.15) is 63.0 Å². The van der Waals surface area contributed by atoms with Crippen molar-refractivity contribution in [3.05, 3.63) is 64.8 Å². The van der Waals surface area contributed by atoms with Crippen LogP contribution in [0.15, 0.2) is 53.6 Å². The van der Waals surface area contributed by atoms with Gasteiger partial charge >= 0.3 is 0 Å². The number of fused-ring (bicyclic) bond motifs is 1. The first-order valence-electron chi connectivity index (χ1n) is 8.92. The van der Waals surface area contributed by atoms with Crippen molar-refractivity contribution in [2.45, 2.75) is 51.9 Å². The van der Waals surface area contributed by atoms with Crippen LogP contribution in [0.2, 0.25) is 0 Å². The van der Waals surface area contributed by atoms with Gasteiger partial charge in [0.15, 0.2) is 0 Å². The standard InChI is InChI=1S/C22H26/c1-16(2)22(15-14-18-9-4-3-5-11-20(18)22)21-13-12-17-8-6-7-10-19(17)21/h6-8,10,12-16,21H,3-5,9,11H2,1-2H3. The maximum absolute atomic E-state index is 2.56. The van der Waals surface area contributed by atoms with Crippen LogP contribution in [0, 0.1) is 11.3 Å². The molecule has 0 radical (unpaired) electrons. The van der Waals surface area contributed by atoms with E-state index >= 15 is 0 Å². The Bertz CT molecular complexity index is 671. The number of allylic oxidation sites excluding steroid dienone is 5. The molecule has 0 bridgehead atoms. The number of hydrogen-bond donors (Lipinski definition) is 0. The molecule has 22 heavy (non-hydrogen) atoms. The fourth-order valence-corrected chi connectivity index (χ4v) is 4.98. The average Bonchev–Trinajstić information content (AvgIpc) is 3.02. The lowest BCUT2D eigenvalue weighted by molar-refractivity contribution is 0.288. The van der Waals surface area contributed by atoms with Crippen LogP contribution >= 0.6 is 0 Å². The molecule has 0 aliphatic heterocycles. The van der Waals surface area contributed by atoms with Gasteiger partial charge in [-0.25, -0.2) is 0 Å². The molecule has 2 atom stereocenters. The first-order chi connectivity index (χ1) is 10.7. The third kappa shape index (κ3) is 1.89. The van der Waals surface area contributed by atoms with Crippen molar-refractivity contribution < 1.29 is 0 Å². The summed E-state index contributed by atoms with van der Waals surface area (Å²) in [7, 11) is 0. The summed E-state index contributed by atoms with van der Waals surface area (Å²) in [5.74, 6) is 1.15. The van der Waals surface area contributed by atoms with Crippen LogP contribution in [0.5, 0.6) is 0 Å². The Kier molecular flexibility index (Phi) is 3.36. The Morgan fingerprint density at radius 2 is 1.82 bits per heavy atom. The molecular weight excluding hydrogens is 264 g/mol. The van der Waals surface area contributed by atoms with E-state index in [2.05, 4.69) is 62.4 Å². The van der Waals surface area contributed by atoms with E-state index in [4.69, 9.17) is 0 Å². The molecule has 0 nitrogen and oxygen atoms in total. The molecule has 0 heteroatoms. The molecule has 114 valence electrons. The Balaban J connectivity index is 1.85. The number of rotatable bonds is 2. The van der Waals surface area contributed by atoms with Crippen molar-refractivity contribution in [1.29, 1.82) is 0 Å². The maximum atomic E-state index is 2.56. The second-order valence-electron chi connectivity index (χ2n) is 7.45. The van der Waals surface area contributed by atoms with Crippen molar-refractivity contribution in [2.24, 2.45) is 11.3 Å². The van der Waals surface area contributed by atoms with Crippen LogP contribution in [0.4, 0.5) is 0 Å². The maximum Gasteiger partial charge on any atom is 0.0226 e. The lowest BCUT2D eigenvalue weighted by atomic mass is 9.62. The van der Waals surface area contributed by atoms with Crippen molar-refractivity contribution in [3.8, 4) is 0 Å². The number of hydrogen-bond acceptors (Lipinski definition) is 0. The summed E-state index contributed by atoms with van der Waals surface area (Å²) < 4.78 is 0. The van der Waals surface area contributed by atoms with Crippen LogP contribution < -0.4 is 0 Å². The van der Waals surface area contributed by atoms with E-state index in [1.54, 1.807) is 11.1 Å². The normalized spacial score (nSPS) is 29.9. The molecule has 0 fully saturated rings. The third-order valence-corrected chi connectivity index (χ3v) is 6.11. The van der Waals surface area contributed by atoms with Crippen molar-refractivity contribution >= 4 is 6.08 Å². The number of benzene rings is 1. The largest absolute Gasteiger partial charge is 0.0752 e. The molecule has 0 aromatic heterocycles. The average molecular weight is 290 g/mol. The summed E-state index contributed by atoms with van der Waals surface area (Å²) in [6, 6.07) is 8.97. The van der Waals surface area contributed by atoms with Gasteiger partial charge in [0.2, 0.25) is 0 Å². The SMILES string of the molecule is CC(C)C1(C2C=Cc3ccccc32)C=CC2=C1CCCCC2. The molecule has 1 aromatic rings. The summed E-state index contributed by atoms with van der Waals surface area (Å²) in [6.07, 6.45) is 16.6.